The average Bonchev–Trinajstić information content (AvgIpc) is 3.51. The summed E-state index contributed by atoms with van der Waals surface area (Å²) in [5, 5.41) is 3.78. The van der Waals surface area contributed by atoms with Gasteiger partial charge in [-0.3, -0.25) is 0 Å². The van der Waals surface area contributed by atoms with Crippen molar-refractivity contribution < 1.29 is 17.5 Å². The highest BCUT2D eigenvalue weighted by Gasteiger charge is 2.27. The van der Waals surface area contributed by atoms with Crippen molar-refractivity contribution in [1.29, 1.82) is 0 Å². The summed E-state index contributed by atoms with van der Waals surface area (Å²) < 4.78 is 47.8. The number of sulfone groups is 1. The molecule has 1 aromatic heterocycles. The fourth-order valence-corrected chi connectivity index (χ4v) is 6.05. The van der Waals surface area contributed by atoms with Crippen LogP contribution in [0.1, 0.15) is 36.6 Å². The second-order valence-electron chi connectivity index (χ2n) is 8.84. The van der Waals surface area contributed by atoms with Gasteiger partial charge in [0.25, 0.3) is 0 Å². The van der Waals surface area contributed by atoms with Crippen molar-refractivity contribution in [3.8, 4) is 0 Å². The van der Waals surface area contributed by atoms with Crippen molar-refractivity contribution in [2.24, 2.45) is 0 Å². The molecule has 1 aliphatic rings. The first-order valence-electron chi connectivity index (χ1n) is 12.1. The molecule has 1 aliphatic heterocycles. The van der Waals surface area contributed by atoms with Gasteiger partial charge in [-0.15, -0.1) is 0 Å². The highest BCUT2D eigenvalue weighted by atomic mass is 32.2. The Labute approximate surface area is 217 Å². The summed E-state index contributed by atoms with van der Waals surface area (Å²) in [4.78, 5) is 6.38. The van der Waals surface area contributed by atoms with Gasteiger partial charge in [0, 0.05) is 19.7 Å². The number of aromatic nitrogens is 2. The van der Waals surface area contributed by atoms with Crippen LogP contribution in [0.4, 0.5) is 4.39 Å². The number of hydrogen-bond donors (Lipinski definition) is 1. The summed E-state index contributed by atoms with van der Waals surface area (Å²) in [6.45, 7) is 4.75. The van der Waals surface area contributed by atoms with Crippen molar-refractivity contribution >= 4 is 27.2 Å². The molecular formula is C26H31FN4O3S2. The summed E-state index contributed by atoms with van der Waals surface area (Å²) in [6, 6.07) is 15.1. The molecule has 1 atom stereocenters. The van der Waals surface area contributed by atoms with Crippen LogP contribution in [0, 0.1) is 5.82 Å². The van der Waals surface area contributed by atoms with Gasteiger partial charge in [0.15, 0.2) is 5.11 Å². The molecule has 0 spiro atoms. The van der Waals surface area contributed by atoms with Crippen molar-refractivity contribution in [1.82, 2.24) is 19.8 Å². The zero-order chi connectivity index (χ0) is 25.5. The van der Waals surface area contributed by atoms with Crippen LogP contribution >= 0.6 is 12.2 Å². The van der Waals surface area contributed by atoms with Gasteiger partial charge in [-0.25, -0.2) is 17.8 Å². The highest BCUT2D eigenvalue weighted by molar-refractivity contribution is 7.90. The molecule has 3 aromatic rings. The first-order chi connectivity index (χ1) is 17.4. The summed E-state index contributed by atoms with van der Waals surface area (Å²) in [5.41, 5.74) is 2.19. The largest absolute Gasteiger partial charge is 0.376 e. The third-order valence-corrected chi connectivity index (χ3v) is 8.05. The van der Waals surface area contributed by atoms with Gasteiger partial charge < -0.3 is 19.5 Å². The van der Waals surface area contributed by atoms with Crippen LogP contribution in [-0.2, 0) is 33.4 Å². The van der Waals surface area contributed by atoms with Crippen LogP contribution in [0.25, 0.3) is 0 Å². The average molecular weight is 531 g/mol. The molecule has 0 unspecified atom stereocenters. The Morgan fingerprint density at radius 1 is 1.19 bits per heavy atom. The predicted octanol–water partition coefficient (Wildman–Crippen LogP) is 3.92. The van der Waals surface area contributed by atoms with E-state index in [2.05, 4.69) is 10.3 Å². The zero-order valence-electron chi connectivity index (χ0n) is 20.3. The Kier molecular flexibility index (Phi) is 8.71. The number of nitrogens with zero attached hydrogens (tertiary/aromatic N) is 3. The van der Waals surface area contributed by atoms with E-state index in [1.807, 2.05) is 42.2 Å². The van der Waals surface area contributed by atoms with Gasteiger partial charge >= 0.3 is 0 Å². The summed E-state index contributed by atoms with van der Waals surface area (Å²) in [6.07, 6.45) is 3.67. The van der Waals surface area contributed by atoms with Crippen LogP contribution in [0.15, 0.2) is 66.0 Å². The molecule has 1 fully saturated rings. The lowest BCUT2D eigenvalue weighted by Crippen LogP contribution is -2.43. The number of thiocarbonyl (C=S) groups is 1. The topological polar surface area (TPSA) is 76.5 Å². The van der Waals surface area contributed by atoms with E-state index in [-0.39, 0.29) is 17.0 Å². The van der Waals surface area contributed by atoms with Crippen LogP contribution in [-0.4, -0.2) is 53.8 Å². The van der Waals surface area contributed by atoms with Crippen molar-refractivity contribution in [2.45, 2.75) is 49.9 Å². The molecule has 4 rings (SSSR count). The maximum Gasteiger partial charge on any atom is 0.228 e. The molecule has 36 heavy (non-hydrogen) atoms. The molecule has 0 radical (unpaired) electrons. The van der Waals surface area contributed by atoms with Crippen molar-refractivity contribution in [2.75, 3.05) is 19.7 Å². The molecule has 1 N–H and O–H groups in total. The van der Waals surface area contributed by atoms with Gasteiger partial charge in [-0.05, 0) is 55.2 Å². The summed E-state index contributed by atoms with van der Waals surface area (Å²) in [7, 11) is -3.81. The second-order valence-corrected chi connectivity index (χ2v) is 11.1. The highest BCUT2D eigenvalue weighted by Crippen LogP contribution is 2.22. The fraction of sp³-hybridized carbons (Fsp3) is 0.385. The lowest BCUT2D eigenvalue weighted by Gasteiger charge is -2.28. The number of ether oxygens (including phenoxy) is 1. The van der Waals surface area contributed by atoms with Crippen molar-refractivity contribution in [3.63, 3.8) is 0 Å². The minimum Gasteiger partial charge on any atom is -0.376 e. The third kappa shape index (κ3) is 6.68. The lowest BCUT2D eigenvalue weighted by atomic mass is 10.2. The molecule has 192 valence electrons. The first-order valence-corrected chi connectivity index (χ1v) is 14.1. The number of benzene rings is 2. The Hall–Kier alpha value is -2.82. The summed E-state index contributed by atoms with van der Waals surface area (Å²) >= 11 is 5.64. The van der Waals surface area contributed by atoms with E-state index in [0.717, 1.165) is 30.7 Å². The zero-order valence-corrected chi connectivity index (χ0v) is 21.9. The van der Waals surface area contributed by atoms with E-state index in [1.54, 1.807) is 10.8 Å². The Balaban J connectivity index is 1.67. The third-order valence-electron chi connectivity index (χ3n) is 6.05. The SMILES string of the molecule is CCNC(=S)N(Cc1cnc(S(=O)(=O)Cc2ccc(F)cc2)n1Cc1ccccc1)C[C@H]1CCCO1. The number of hydrogen-bond acceptors (Lipinski definition) is 5. The van der Waals surface area contributed by atoms with Gasteiger partial charge in [0.1, 0.15) is 5.82 Å². The molecule has 1 saturated heterocycles. The number of nitrogens with one attached hydrogen (secondary N) is 1. The van der Waals surface area contributed by atoms with Gasteiger partial charge in [0.2, 0.25) is 15.0 Å². The minimum absolute atomic E-state index is 0.0166. The maximum atomic E-state index is 13.5. The monoisotopic (exact) mass is 530 g/mol. The number of rotatable bonds is 10. The standard InChI is InChI=1S/C26H31FN4O3S2/c1-2-28-25(35)30(18-24-9-6-14-34-24)17-23-15-29-26(31(23)16-20-7-4-3-5-8-20)36(32,33)19-21-10-12-22(27)13-11-21/h3-5,7-8,10-13,15,24H,2,6,9,14,16-19H2,1H3,(H,28,35)/t24-/m1/s1. The smallest absolute Gasteiger partial charge is 0.228 e. The fourth-order valence-electron chi connectivity index (χ4n) is 4.28. The maximum absolute atomic E-state index is 13.5. The predicted molar refractivity (Wildman–Crippen MR) is 141 cm³/mol. The number of halogens is 1. The van der Waals surface area contributed by atoms with Crippen molar-refractivity contribution in [3.05, 3.63) is 83.4 Å². The van der Waals surface area contributed by atoms with Crippen LogP contribution < -0.4 is 5.32 Å². The van der Waals surface area contributed by atoms with Crippen LogP contribution in [0.5, 0.6) is 0 Å². The normalized spacial score (nSPS) is 15.7. The second kappa shape index (κ2) is 11.9. The Morgan fingerprint density at radius 3 is 2.61 bits per heavy atom. The van der Waals surface area contributed by atoms with Gasteiger partial charge in [-0.2, -0.15) is 0 Å². The van der Waals surface area contributed by atoms with Crippen LogP contribution in [0.3, 0.4) is 0 Å². The van der Waals surface area contributed by atoms with E-state index in [0.29, 0.717) is 36.9 Å². The van der Waals surface area contributed by atoms with E-state index in [4.69, 9.17) is 17.0 Å². The minimum atomic E-state index is -3.81. The molecule has 10 heteroatoms. The van der Waals surface area contributed by atoms with E-state index >= 15 is 0 Å². The van der Waals surface area contributed by atoms with Gasteiger partial charge in [0.05, 0.1) is 36.8 Å². The summed E-state index contributed by atoms with van der Waals surface area (Å²) in [5.74, 6) is -0.680. The van der Waals surface area contributed by atoms with E-state index in [1.165, 1.54) is 24.3 Å². The first kappa shape index (κ1) is 26.2. The molecule has 0 aliphatic carbocycles. The number of imidazole rings is 1. The molecule has 7 nitrogen and oxygen atoms in total. The lowest BCUT2D eigenvalue weighted by molar-refractivity contribution is 0.0893. The van der Waals surface area contributed by atoms with E-state index < -0.39 is 15.7 Å². The molecule has 0 saturated carbocycles. The van der Waals surface area contributed by atoms with Crippen LogP contribution in [0.2, 0.25) is 0 Å². The molecule has 0 amide bonds. The Bertz CT molecular complexity index is 1260. The molecule has 2 heterocycles. The van der Waals surface area contributed by atoms with E-state index in [9.17, 15) is 12.8 Å². The quantitative estimate of drug-likeness (QED) is 0.398. The van der Waals surface area contributed by atoms with Gasteiger partial charge in [-0.1, -0.05) is 42.5 Å². The molecule has 0 bridgehead atoms. The molecule has 2 aromatic carbocycles. The molecular weight excluding hydrogens is 499 g/mol. The Morgan fingerprint density at radius 2 is 1.94 bits per heavy atom.